The smallest absolute Gasteiger partial charge is 0.203 e. The van der Waals surface area contributed by atoms with Crippen LogP contribution in [0.25, 0.3) is 11.4 Å². The fraction of sp³-hybridized carbons (Fsp3) is 0.286. The summed E-state index contributed by atoms with van der Waals surface area (Å²) in [4.78, 5) is 12.6. The van der Waals surface area contributed by atoms with E-state index in [1.807, 2.05) is 23.6 Å². The summed E-state index contributed by atoms with van der Waals surface area (Å²) < 4.78 is 18.2. The van der Waals surface area contributed by atoms with Crippen LogP contribution >= 0.6 is 35.0 Å². The van der Waals surface area contributed by atoms with E-state index in [0.717, 1.165) is 5.56 Å². The van der Waals surface area contributed by atoms with Gasteiger partial charge in [0.2, 0.25) is 5.75 Å². The molecule has 0 aliphatic heterocycles. The fourth-order valence-corrected chi connectivity index (χ4v) is 4.43. The SMILES string of the molecule is CCn1c(SCC(=O)c2ccc(Cl)cc2Cl)nnc1-c1cc(OC)c(OC)c(OC)c1. The molecule has 0 radical (unpaired) electrons. The van der Waals surface area contributed by atoms with Gasteiger partial charge in [-0.05, 0) is 37.3 Å². The third-order valence-corrected chi connectivity index (χ3v) is 6.03. The molecule has 1 heterocycles. The van der Waals surface area contributed by atoms with E-state index in [-0.39, 0.29) is 11.5 Å². The van der Waals surface area contributed by atoms with E-state index in [1.54, 1.807) is 39.5 Å². The van der Waals surface area contributed by atoms with E-state index in [1.165, 1.54) is 11.8 Å². The summed E-state index contributed by atoms with van der Waals surface area (Å²) >= 11 is 13.3. The zero-order valence-corrected chi connectivity index (χ0v) is 19.8. The first kappa shape index (κ1) is 23.2. The van der Waals surface area contributed by atoms with Crippen LogP contribution in [0.15, 0.2) is 35.5 Å². The summed E-state index contributed by atoms with van der Waals surface area (Å²) in [6.45, 7) is 2.59. The Balaban J connectivity index is 1.88. The van der Waals surface area contributed by atoms with Gasteiger partial charge >= 0.3 is 0 Å². The highest BCUT2D eigenvalue weighted by Crippen LogP contribution is 2.41. The van der Waals surface area contributed by atoms with Crippen molar-refractivity contribution in [1.82, 2.24) is 14.8 Å². The molecule has 7 nitrogen and oxygen atoms in total. The molecule has 0 aliphatic carbocycles. The molecule has 0 saturated carbocycles. The highest BCUT2D eigenvalue weighted by molar-refractivity contribution is 7.99. The van der Waals surface area contributed by atoms with Crippen LogP contribution in [0.1, 0.15) is 17.3 Å². The molecule has 0 fully saturated rings. The van der Waals surface area contributed by atoms with Crippen LogP contribution in [0.5, 0.6) is 17.2 Å². The van der Waals surface area contributed by atoms with Gasteiger partial charge in [-0.3, -0.25) is 4.79 Å². The molecule has 0 unspecified atom stereocenters. The standard InChI is InChI=1S/C21H21Cl2N3O4S/c1-5-26-20(12-8-17(28-2)19(30-4)18(9-12)29-3)24-25-21(26)31-11-16(27)14-7-6-13(22)10-15(14)23/h6-10H,5,11H2,1-4H3. The van der Waals surface area contributed by atoms with Crippen LogP contribution in [0, 0.1) is 0 Å². The van der Waals surface area contributed by atoms with Gasteiger partial charge < -0.3 is 18.8 Å². The number of carbonyl (C=O) groups is 1. The Morgan fingerprint density at radius 2 is 1.71 bits per heavy atom. The van der Waals surface area contributed by atoms with Crippen LogP contribution in [0.3, 0.4) is 0 Å². The van der Waals surface area contributed by atoms with Crippen molar-refractivity contribution in [3.63, 3.8) is 0 Å². The molecule has 0 bridgehead atoms. The number of rotatable bonds is 9. The van der Waals surface area contributed by atoms with E-state index >= 15 is 0 Å². The van der Waals surface area contributed by atoms with Gasteiger partial charge in [-0.25, -0.2) is 0 Å². The minimum Gasteiger partial charge on any atom is -0.493 e. The first-order valence-electron chi connectivity index (χ1n) is 9.28. The normalized spacial score (nSPS) is 10.8. The Morgan fingerprint density at radius 1 is 1.03 bits per heavy atom. The number of carbonyl (C=O) groups excluding carboxylic acids is 1. The molecule has 3 aromatic rings. The molecule has 0 amide bonds. The second-order valence-electron chi connectivity index (χ2n) is 6.30. The summed E-state index contributed by atoms with van der Waals surface area (Å²) in [6, 6.07) is 8.44. The maximum atomic E-state index is 12.6. The molecular formula is C21H21Cl2N3O4S. The largest absolute Gasteiger partial charge is 0.493 e. The Hall–Kier alpha value is -2.42. The third kappa shape index (κ3) is 4.92. The van der Waals surface area contributed by atoms with Gasteiger partial charge in [0, 0.05) is 22.7 Å². The van der Waals surface area contributed by atoms with Gasteiger partial charge in [0.05, 0.1) is 32.1 Å². The molecule has 31 heavy (non-hydrogen) atoms. The lowest BCUT2D eigenvalue weighted by molar-refractivity contribution is 0.102. The maximum absolute atomic E-state index is 12.6. The third-order valence-electron chi connectivity index (χ3n) is 4.52. The number of nitrogens with zero attached hydrogens (tertiary/aromatic N) is 3. The minimum absolute atomic E-state index is 0.119. The van der Waals surface area contributed by atoms with E-state index in [9.17, 15) is 4.79 Å². The molecular weight excluding hydrogens is 461 g/mol. The van der Waals surface area contributed by atoms with Crippen molar-refractivity contribution in [3.05, 3.63) is 45.9 Å². The summed E-state index contributed by atoms with van der Waals surface area (Å²) in [5.41, 5.74) is 1.17. The second kappa shape index (κ2) is 10.3. The second-order valence-corrected chi connectivity index (χ2v) is 8.09. The van der Waals surface area contributed by atoms with Gasteiger partial charge in [0.15, 0.2) is 28.3 Å². The van der Waals surface area contributed by atoms with Crippen molar-refractivity contribution in [3.8, 4) is 28.6 Å². The molecule has 0 saturated heterocycles. The average molecular weight is 482 g/mol. The Labute approximate surface area is 194 Å². The van der Waals surface area contributed by atoms with Crippen molar-refractivity contribution in [2.24, 2.45) is 0 Å². The van der Waals surface area contributed by atoms with Crippen LogP contribution < -0.4 is 14.2 Å². The predicted molar refractivity (Wildman–Crippen MR) is 122 cm³/mol. The van der Waals surface area contributed by atoms with Gasteiger partial charge in [-0.15, -0.1) is 10.2 Å². The average Bonchev–Trinajstić information content (AvgIpc) is 3.19. The first-order valence-corrected chi connectivity index (χ1v) is 11.0. The van der Waals surface area contributed by atoms with E-state index in [4.69, 9.17) is 37.4 Å². The highest BCUT2D eigenvalue weighted by Gasteiger charge is 2.20. The quantitative estimate of drug-likeness (QED) is 0.304. The number of benzene rings is 2. The minimum atomic E-state index is -0.119. The molecule has 1 aromatic heterocycles. The Kier molecular flexibility index (Phi) is 7.69. The molecule has 0 atom stereocenters. The topological polar surface area (TPSA) is 75.5 Å². The lowest BCUT2D eigenvalue weighted by atomic mass is 10.1. The Morgan fingerprint density at radius 3 is 2.26 bits per heavy atom. The highest BCUT2D eigenvalue weighted by atomic mass is 35.5. The monoisotopic (exact) mass is 481 g/mol. The van der Waals surface area contributed by atoms with Gasteiger partial charge in [0.25, 0.3) is 0 Å². The number of methoxy groups -OCH3 is 3. The molecule has 164 valence electrons. The van der Waals surface area contributed by atoms with Crippen molar-refractivity contribution in [2.75, 3.05) is 27.1 Å². The number of hydrogen-bond acceptors (Lipinski definition) is 7. The number of Topliss-reactive ketones (excluding diaryl/α,β-unsaturated/α-hetero) is 1. The van der Waals surface area contributed by atoms with Crippen LogP contribution in [-0.2, 0) is 6.54 Å². The van der Waals surface area contributed by atoms with Gasteiger partial charge in [-0.2, -0.15) is 0 Å². The molecule has 3 rings (SSSR count). The van der Waals surface area contributed by atoms with Crippen molar-refractivity contribution >= 4 is 40.7 Å². The van der Waals surface area contributed by atoms with E-state index < -0.39 is 0 Å². The molecule has 0 aliphatic rings. The van der Waals surface area contributed by atoms with E-state index in [0.29, 0.717) is 50.4 Å². The summed E-state index contributed by atoms with van der Waals surface area (Å²) in [5.74, 6) is 2.20. The van der Waals surface area contributed by atoms with Crippen molar-refractivity contribution in [1.29, 1.82) is 0 Å². The molecule has 10 heteroatoms. The number of ether oxygens (including phenoxy) is 3. The van der Waals surface area contributed by atoms with Crippen molar-refractivity contribution in [2.45, 2.75) is 18.6 Å². The summed E-state index contributed by atoms with van der Waals surface area (Å²) in [6.07, 6.45) is 0. The number of thioether (sulfide) groups is 1. The van der Waals surface area contributed by atoms with Crippen LogP contribution in [0.2, 0.25) is 10.0 Å². The van der Waals surface area contributed by atoms with E-state index in [2.05, 4.69) is 10.2 Å². The zero-order valence-electron chi connectivity index (χ0n) is 17.4. The van der Waals surface area contributed by atoms with Crippen LogP contribution in [0.4, 0.5) is 0 Å². The molecule has 0 spiro atoms. The Bertz CT molecular complexity index is 1080. The summed E-state index contributed by atoms with van der Waals surface area (Å²) in [5, 5.41) is 10.0. The molecule has 2 aromatic carbocycles. The van der Waals surface area contributed by atoms with Gasteiger partial charge in [-0.1, -0.05) is 35.0 Å². The number of hydrogen-bond donors (Lipinski definition) is 0. The van der Waals surface area contributed by atoms with Crippen LogP contribution in [-0.4, -0.2) is 47.6 Å². The number of ketones is 1. The summed E-state index contributed by atoms with van der Waals surface area (Å²) in [7, 11) is 4.66. The van der Waals surface area contributed by atoms with Crippen molar-refractivity contribution < 1.29 is 19.0 Å². The zero-order chi connectivity index (χ0) is 22.5. The lowest BCUT2D eigenvalue weighted by Gasteiger charge is -2.14. The maximum Gasteiger partial charge on any atom is 0.203 e. The van der Waals surface area contributed by atoms with Gasteiger partial charge in [0.1, 0.15) is 0 Å². The predicted octanol–water partition coefficient (Wildman–Crippen LogP) is 5.27. The molecule has 0 N–H and O–H groups in total. The lowest BCUT2D eigenvalue weighted by Crippen LogP contribution is -2.06. The number of aromatic nitrogens is 3. The number of halogens is 2. The first-order chi connectivity index (χ1) is 14.9. The fourth-order valence-electron chi connectivity index (χ4n) is 3.03.